The zero-order chi connectivity index (χ0) is 19.4. The fraction of sp³-hybridized carbons (Fsp3) is 0.158. The second-order valence-corrected chi connectivity index (χ2v) is 6.74. The van der Waals surface area contributed by atoms with E-state index in [0.29, 0.717) is 40.4 Å². The van der Waals surface area contributed by atoms with Crippen LogP contribution in [0.15, 0.2) is 47.8 Å². The molecular formula is C19H16FN3O3S. The Morgan fingerprint density at radius 3 is 2.78 bits per heavy atom. The Kier molecular flexibility index (Phi) is 5.56. The molecular weight excluding hydrogens is 369 g/mol. The van der Waals surface area contributed by atoms with Crippen LogP contribution in [0.3, 0.4) is 0 Å². The third-order valence-corrected chi connectivity index (χ3v) is 4.82. The Labute approximate surface area is 158 Å². The third-order valence-electron chi connectivity index (χ3n) is 3.93. The Morgan fingerprint density at radius 1 is 1.26 bits per heavy atom. The van der Waals surface area contributed by atoms with E-state index in [-0.39, 0.29) is 17.4 Å². The van der Waals surface area contributed by atoms with E-state index in [1.165, 1.54) is 36.5 Å². The summed E-state index contributed by atoms with van der Waals surface area (Å²) in [5.74, 6) is -0.508. The number of nitro groups is 1. The van der Waals surface area contributed by atoms with E-state index in [2.05, 4.69) is 10.3 Å². The minimum Gasteiger partial charge on any atom is -0.356 e. The fourth-order valence-electron chi connectivity index (χ4n) is 2.57. The van der Waals surface area contributed by atoms with Crippen LogP contribution in [0.5, 0.6) is 0 Å². The van der Waals surface area contributed by atoms with Crippen LogP contribution in [0.1, 0.15) is 12.5 Å². The van der Waals surface area contributed by atoms with Crippen molar-refractivity contribution in [1.29, 1.82) is 0 Å². The largest absolute Gasteiger partial charge is 0.356 e. The maximum absolute atomic E-state index is 14.3. The number of nitro benzene ring substituents is 1. The van der Waals surface area contributed by atoms with E-state index in [4.69, 9.17) is 0 Å². The fourth-order valence-corrected chi connectivity index (χ4v) is 3.40. The van der Waals surface area contributed by atoms with Gasteiger partial charge >= 0.3 is 0 Å². The maximum Gasteiger partial charge on any atom is 0.270 e. The number of thiazole rings is 1. The lowest BCUT2D eigenvalue weighted by Gasteiger charge is -2.06. The predicted molar refractivity (Wildman–Crippen MR) is 102 cm³/mol. The van der Waals surface area contributed by atoms with Gasteiger partial charge in [-0.1, -0.05) is 24.3 Å². The molecule has 0 saturated carbocycles. The number of nitrogens with zero attached hydrogens (tertiary/aromatic N) is 2. The average molecular weight is 385 g/mol. The molecule has 0 spiro atoms. The van der Waals surface area contributed by atoms with Crippen molar-refractivity contribution in [1.82, 2.24) is 10.3 Å². The van der Waals surface area contributed by atoms with E-state index < -0.39 is 4.92 Å². The van der Waals surface area contributed by atoms with Crippen molar-refractivity contribution in [3.63, 3.8) is 0 Å². The number of carbonyl (C=O) groups is 1. The number of hydrogen-bond acceptors (Lipinski definition) is 5. The van der Waals surface area contributed by atoms with Gasteiger partial charge in [0, 0.05) is 42.1 Å². The molecule has 0 unspecified atom stereocenters. The monoisotopic (exact) mass is 385 g/mol. The number of non-ortho nitro benzene ring substituents is 1. The normalized spacial score (nSPS) is 10.6. The second-order valence-electron chi connectivity index (χ2n) is 5.88. The Bertz CT molecular complexity index is 1000. The summed E-state index contributed by atoms with van der Waals surface area (Å²) in [5.41, 5.74) is 2.39. The molecule has 0 atom stereocenters. The number of carbonyl (C=O) groups excluding carboxylic acids is 1. The van der Waals surface area contributed by atoms with Crippen LogP contribution in [0, 0.1) is 15.9 Å². The van der Waals surface area contributed by atoms with Crippen LogP contribution < -0.4 is 5.32 Å². The highest BCUT2D eigenvalue weighted by molar-refractivity contribution is 7.13. The standard InChI is InChI=1S/C19H16FN3O3S/c1-12(24)21-8-7-13-5-6-14(10-17(13)20)18-11-27-19(22-18)15-3-2-4-16(9-15)23(25)26/h2-6,9-11H,7-8H2,1H3,(H,21,24). The smallest absolute Gasteiger partial charge is 0.270 e. The first-order valence-electron chi connectivity index (χ1n) is 8.17. The van der Waals surface area contributed by atoms with Gasteiger partial charge in [0.15, 0.2) is 0 Å². The Morgan fingerprint density at radius 2 is 2.07 bits per heavy atom. The molecule has 138 valence electrons. The molecule has 0 fully saturated rings. The lowest BCUT2D eigenvalue weighted by Crippen LogP contribution is -2.22. The van der Waals surface area contributed by atoms with Gasteiger partial charge in [0.2, 0.25) is 5.91 Å². The number of aromatic nitrogens is 1. The molecule has 6 nitrogen and oxygen atoms in total. The molecule has 2 aromatic carbocycles. The molecule has 3 aromatic rings. The molecule has 8 heteroatoms. The van der Waals surface area contributed by atoms with Gasteiger partial charge in [-0.25, -0.2) is 9.37 Å². The topological polar surface area (TPSA) is 85.1 Å². The molecule has 27 heavy (non-hydrogen) atoms. The molecule has 1 N–H and O–H groups in total. The predicted octanol–water partition coefficient (Wildman–Crippen LogP) is 4.20. The second kappa shape index (κ2) is 8.05. The van der Waals surface area contributed by atoms with Crippen LogP contribution in [0.2, 0.25) is 0 Å². The summed E-state index contributed by atoms with van der Waals surface area (Å²) in [7, 11) is 0. The summed E-state index contributed by atoms with van der Waals surface area (Å²) in [5, 5.41) is 16.0. The molecule has 0 aliphatic rings. The maximum atomic E-state index is 14.3. The Balaban J connectivity index is 1.80. The number of nitrogens with one attached hydrogen (secondary N) is 1. The van der Waals surface area contributed by atoms with Crippen molar-refractivity contribution in [3.8, 4) is 21.8 Å². The van der Waals surface area contributed by atoms with Gasteiger partial charge in [0.05, 0.1) is 10.6 Å². The molecule has 1 heterocycles. The van der Waals surface area contributed by atoms with Crippen LogP contribution in [-0.2, 0) is 11.2 Å². The molecule has 1 aromatic heterocycles. The number of hydrogen-bond donors (Lipinski definition) is 1. The first-order valence-corrected chi connectivity index (χ1v) is 9.05. The number of benzene rings is 2. The lowest BCUT2D eigenvalue weighted by atomic mass is 10.1. The number of rotatable bonds is 6. The molecule has 1 amide bonds. The molecule has 0 aliphatic heterocycles. The van der Waals surface area contributed by atoms with Crippen LogP contribution in [0.4, 0.5) is 10.1 Å². The van der Waals surface area contributed by atoms with E-state index in [0.717, 1.165) is 0 Å². The van der Waals surface area contributed by atoms with Crippen molar-refractivity contribution < 1.29 is 14.1 Å². The first-order chi connectivity index (χ1) is 12.9. The molecule has 3 rings (SSSR count). The van der Waals surface area contributed by atoms with Gasteiger partial charge in [-0.3, -0.25) is 14.9 Å². The van der Waals surface area contributed by atoms with Gasteiger partial charge in [-0.05, 0) is 18.1 Å². The number of halogens is 1. The summed E-state index contributed by atoms with van der Waals surface area (Å²) in [6, 6.07) is 11.1. The summed E-state index contributed by atoms with van der Waals surface area (Å²) in [6.45, 7) is 1.79. The lowest BCUT2D eigenvalue weighted by molar-refractivity contribution is -0.384. The van der Waals surface area contributed by atoms with Crippen molar-refractivity contribution in [2.24, 2.45) is 0 Å². The molecule has 0 aliphatic carbocycles. The van der Waals surface area contributed by atoms with E-state index in [9.17, 15) is 19.3 Å². The highest BCUT2D eigenvalue weighted by Crippen LogP contribution is 2.31. The van der Waals surface area contributed by atoms with Gasteiger partial charge in [0.25, 0.3) is 5.69 Å². The Hall–Kier alpha value is -3.13. The van der Waals surface area contributed by atoms with Gasteiger partial charge in [0.1, 0.15) is 10.8 Å². The molecule has 0 bridgehead atoms. The SMILES string of the molecule is CC(=O)NCCc1ccc(-c2csc(-c3cccc([N+](=O)[O-])c3)n2)cc1F. The molecule has 0 radical (unpaired) electrons. The van der Waals surface area contributed by atoms with Crippen LogP contribution in [0.25, 0.3) is 21.8 Å². The van der Waals surface area contributed by atoms with Crippen molar-refractivity contribution in [3.05, 3.63) is 69.3 Å². The average Bonchev–Trinajstić information content (AvgIpc) is 3.13. The zero-order valence-corrected chi connectivity index (χ0v) is 15.3. The summed E-state index contributed by atoms with van der Waals surface area (Å²) < 4.78 is 14.3. The number of amides is 1. The van der Waals surface area contributed by atoms with Gasteiger partial charge < -0.3 is 5.32 Å². The minimum absolute atomic E-state index is 0.00109. The zero-order valence-electron chi connectivity index (χ0n) is 14.4. The highest BCUT2D eigenvalue weighted by atomic mass is 32.1. The van der Waals surface area contributed by atoms with Crippen LogP contribution in [-0.4, -0.2) is 22.4 Å². The van der Waals surface area contributed by atoms with E-state index in [1.54, 1.807) is 29.6 Å². The summed E-state index contributed by atoms with van der Waals surface area (Å²) in [4.78, 5) is 25.8. The molecule has 0 saturated heterocycles. The van der Waals surface area contributed by atoms with Crippen LogP contribution >= 0.6 is 11.3 Å². The van der Waals surface area contributed by atoms with Crippen molar-refractivity contribution in [2.45, 2.75) is 13.3 Å². The minimum atomic E-state index is -0.451. The first kappa shape index (κ1) is 18.7. The summed E-state index contributed by atoms with van der Waals surface area (Å²) in [6.07, 6.45) is 0.404. The highest BCUT2D eigenvalue weighted by Gasteiger charge is 2.12. The van der Waals surface area contributed by atoms with E-state index in [1.807, 2.05) is 0 Å². The van der Waals surface area contributed by atoms with Gasteiger partial charge in [-0.2, -0.15) is 0 Å². The van der Waals surface area contributed by atoms with Gasteiger partial charge in [-0.15, -0.1) is 11.3 Å². The third kappa shape index (κ3) is 4.53. The van der Waals surface area contributed by atoms with E-state index >= 15 is 0 Å². The summed E-state index contributed by atoms with van der Waals surface area (Å²) >= 11 is 1.34. The van der Waals surface area contributed by atoms with Crippen molar-refractivity contribution in [2.75, 3.05) is 6.54 Å². The van der Waals surface area contributed by atoms with Crippen molar-refractivity contribution >= 4 is 22.9 Å². The quantitative estimate of drug-likeness (QED) is 0.509.